The van der Waals surface area contributed by atoms with Crippen molar-refractivity contribution in [2.24, 2.45) is 5.41 Å². The highest BCUT2D eigenvalue weighted by atomic mass is 16.2. The van der Waals surface area contributed by atoms with Crippen molar-refractivity contribution in [3.8, 4) is 0 Å². The van der Waals surface area contributed by atoms with Crippen LogP contribution in [0, 0.1) is 5.41 Å². The minimum absolute atomic E-state index is 0.218. The number of carbonyl (C=O) groups is 1. The van der Waals surface area contributed by atoms with Crippen molar-refractivity contribution in [1.29, 1.82) is 0 Å². The Hall–Kier alpha value is -1.31. The molecule has 2 heteroatoms. The van der Waals surface area contributed by atoms with E-state index >= 15 is 0 Å². The average Bonchev–Trinajstić information content (AvgIpc) is 2.64. The molecule has 0 spiro atoms. The van der Waals surface area contributed by atoms with Crippen LogP contribution in [0.1, 0.15) is 85.3 Å². The Morgan fingerprint density at radius 2 is 1.64 bits per heavy atom. The highest BCUT2D eigenvalue weighted by molar-refractivity contribution is 5.73. The summed E-state index contributed by atoms with van der Waals surface area (Å²) in [4.78, 5) is 13.6. The molecule has 1 unspecified atom stereocenters. The number of hydrogen-bond donors (Lipinski definition) is 0. The lowest BCUT2D eigenvalue weighted by molar-refractivity contribution is -0.132. The molecule has 25 heavy (non-hydrogen) atoms. The largest absolute Gasteiger partial charge is 0.342 e. The van der Waals surface area contributed by atoms with Gasteiger partial charge in [0.2, 0.25) is 5.91 Å². The molecule has 0 bridgehead atoms. The van der Waals surface area contributed by atoms with E-state index in [-0.39, 0.29) is 11.3 Å². The molecule has 1 atom stereocenters. The quantitative estimate of drug-likeness (QED) is 0.614. The topological polar surface area (TPSA) is 20.3 Å². The number of likely N-dealkylation sites (tertiary alicyclic amines) is 1. The van der Waals surface area contributed by atoms with Crippen molar-refractivity contribution in [3.05, 3.63) is 35.4 Å². The zero-order valence-corrected chi connectivity index (χ0v) is 17.8. The summed E-state index contributed by atoms with van der Waals surface area (Å²) in [5.74, 6) is 0.218. The molecule has 1 saturated heterocycles. The van der Waals surface area contributed by atoms with E-state index < -0.39 is 0 Å². The monoisotopic (exact) mass is 347 g/mol. The zero-order chi connectivity index (χ0) is 19.3. The Labute approximate surface area is 157 Å². The number of piperidine rings is 1. The summed E-state index contributed by atoms with van der Waals surface area (Å²) in [7, 11) is 0. The molecule has 0 aromatic heterocycles. The lowest BCUT2D eigenvalue weighted by Gasteiger charge is -2.40. The number of nitrogens with zero attached hydrogens (tertiary/aromatic N) is 1. The van der Waals surface area contributed by atoms with Crippen LogP contribution in [0.5, 0.6) is 0 Å². The van der Waals surface area contributed by atoms with Gasteiger partial charge in [0.1, 0.15) is 0 Å². The molecule has 1 aromatic carbocycles. The standard InChI is InChI=1S/C19H29NO.2C2H6/c1-4-5-7-17-8-10-18(11-9-17)14-19(3)12-6-13-20(15-19)16(2)21;2*1-2/h8-11H,4-7,12-15H2,1-3H3;2*1-2H3. The van der Waals surface area contributed by atoms with Crippen LogP contribution in [0.3, 0.4) is 0 Å². The summed E-state index contributed by atoms with van der Waals surface area (Å²) >= 11 is 0. The second kappa shape index (κ2) is 13.0. The van der Waals surface area contributed by atoms with E-state index in [1.807, 2.05) is 32.6 Å². The van der Waals surface area contributed by atoms with E-state index in [0.29, 0.717) is 0 Å². The van der Waals surface area contributed by atoms with Crippen molar-refractivity contribution in [2.75, 3.05) is 13.1 Å². The Balaban J connectivity index is 0.00000134. The van der Waals surface area contributed by atoms with Gasteiger partial charge in [-0.1, -0.05) is 72.2 Å². The van der Waals surface area contributed by atoms with Crippen LogP contribution in [0.25, 0.3) is 0 Å². The fourth-order valence-electron chi connectivity index (χ4n) is 3.43. The number of aryl methyl sites for hydroxylation is 1. The molecule has 144 valence electrons. The lowest BCUT2D eigenvalue weighted by Crippen LogP contribution is -2.44. The first-order valence-electron chi connectivity index (χ1n) is 10.4. The molecule has 1 fully saturated rings. The molecule has 1 aromatic rings. The van der Waals surface area contributed by atoms with Gasteiger partial charge in [0, 0.05) is 20.0 Å². The third kappa shape index (κ3) is 8.56. The predicted octanol–water partition coefficient (Wildman–Crippen LogP) is 6.27. The summed E-state index contributed by atoms with van der Waals surface area (Å²) in [6.07, 6.45) is 7.13. The van der Waals surface area contributed by atoms with Crippen molar-refractivity contribution in [3.63, 3.8) is 0 Å². The summed E-state index contributed by atoms with van der Waals surface area (Å²) < 4.78 is 0. The van der Waals surface area contributed by atoms with Crippen molar-refractivity contribution < 1.29 is 4.79 Å². The van der Waals surface area contributed by atoms with E-state index in [2.05, 4.69) is 38.1 Å². The van der Waals surface area contributed by atoms with Gasteiger partial charge in [-0.15, -0.1) is 0 Å². The van der Waals surface area contributed by atoms with Gasteiger partial charge in [-0.3, -0.25) is 4.79 Å². The molecule has 0 radical (unpaired) electrons. The van der Waals surface area contributed by atoms with E-state index in [4.69, 9.17) is 0 Å². The lowest BCUT2D eigenvalue weighted by atomic mass is 9.77. The van der Waals surface area contributed by atoms with Crippen molar-refractivity contribution >= 4 is 5.91 Å². The van der Waals surface area contributed by atoms with Crippen LogP contribution in [0.4, 0.5) is 0 Å². The van der Waals surface area contributed by atoms with Gasteiger partial charge < -0.3 is 4.90 Å². The summed E-state index contributed by atoms with van der Waals surface area (Å²) in [6.45, 7) is 16.1. The molecule has 1 heterocycles. The van der Waals surface area contributed by atoms with Crippen LogP contribution >= 0.6 is 0 Å². The molecule has 0 saturated carbocycles. The normalized spacial score (nSPS) is 19.2. The minimum Gasteiger partial charge on any atom is -0.342 e. The molecule has 0 N–H and O–H groups in total. The van der Waals surface area contributed by atoms with E-state index in [0.717, 1.165) is 25.9 Å². The molecular formula is C23H41NO. The van der Waals surface area contributed by atoms with Crippen LogP contribution in [-0.4, -0.2) is 23.9 Å². The molecule has 1 aliphatic heterocycles. The molecule has 0 aliphatic carbocycles. The van der Waals surface area contributed by atoms with Gasteiger partial charge in [0.15, 0.2) is 0 Å². The summed E-state index contributed by atoms with van der Waals surface area (Å²) in [5.41, 5.74) is 3.08. The second-order valence-electron chi connectivity index (χ2n) is 6.95. The van der Waals surface area contributed by atoms with Gasteiger partial charge >= 0.3 is 0 Å². The van der Waals surface area contributed by atoms with Crippen LogP contribution < -0.4 is 0 Å². The number of unbranched alkanes of at least 4 members (excludes halogenated alkanes) is 1. The predicted molar refractivity (Wildman–Crippen MR) is 111 cm³/mol. The fourth-order valence-corrected chi connectivity index (χ4v) is 3.43. The number of benzene rings is 1. The molecule has 1 aliphatic rings. The maximum absolute atomic E-state index is 11.6. The van der Waals surface area contributed by atoms with E-state index in [1.54, 1.807) is 6.92 Å². The van der Waals surface area contributed by atoms with Crippen LogP contribution in [-0.2, 0) is 17.6 Å². The van der Waals surface area contributed by atoms with Crippen LogP contribution in [0.2, 0.25) is 0 Å². The third-order valence-corrected chi connectivity index (χ3v) is 4.70. The van der Waals surface area contributed by atoms with Gasteiger partial charge in [0.05, 0.1) is 0 Å². The first-order valence-corrected chi connectivity index (χ1v) is 10.4. The highest BCUT2D eigenvalue weighted by Gasteiger charge is 2.32. The Morgan fingerprint density at radius 1 is 1.08 bits per heavy atom. The summed E-state index contributed by atoms with van der Waals surface area (Å²) in [6, 6.07) is 9.12. The zero-order valence-electron chi connectivity index (χ0n) is 17.8. The van der Waals surface area contributed by atoms with Gasteiger partial charge in [-0.05, 0) is 48.6 Å². The number of carbonyl (C=O) groups excluding carboxylic acids is 1. The minimum atomic E-state index is 0.218. The summed E-state index contributed by atoms with van der Waals surface area (Å²) in [5, 5.41) is 0. The molecule has 2 rings (SSSR count). The van der Waals surface area contributed by atoms with E-state index in [9.17, 15) is 4.79 Å². The number of rotatable bonds is 5. The Kier molecular flexibility index (Phi) is 12.3. The number of hydrogen-bond acceptors (Lipinski definition) is 1. The SMILES string of the molecule is CC.CC.CCCCc1ccc(CC2(C)CCCN(C(C)=O)C2)cc1. The smallest absolute Gasteiger partial charge is 0.219 e. The Morgan fingerprint density at radius 3 is 2.16 bits per heavy atom. The van der Waals surface area contributed by atoms with Crippen molar-refractivity contribution in [2.45, 2.75) is 87.0 Å². The van der Waals surface area contributed by atoms with E-state index in [1.165, 1.54) is 36.8 Å². The average molecular weight is 348 g/mol. The van der Waals surface area contributed by atoms with Gasteiger partial charge in [0.25, 0.3) is 0 Å². The third-order valence-electron chi connectivity index (χ3n) is 4.70. The van der Waals surface area contributed by atoms with Crippen LogP contribution in [0.15, 0.2) is 24.3 Å². The van der Waals surface area contributed by atoms with Gasteiger partial charge in [-0.25, -0.2) is 0 Å². The number of amides is 1. The molecular weight excluding hydrogens is 306 g/mol. The Bertz CT molecular complexity index is 465. The molecule has 1 amide bonds. The maximum Gasteiger partial charge on any atom is 0.219 e. The molecule has 2 nitrogen and oxygen atoms in total. The first-order chi connectivity index (χ1) is 12.0. The fraction of sp³-hybridized carbons (Fsp3) is 0.696. The maximum atomic E-state index is 11.6. The second-order valence-corrected chi connectivity index (χ2v) is 6.95. The highest BCUT2D eigenvalue weighted by Crippen LogP contribution is 2.33. The van der Waals surface area contributed by atoms with Crippen molar-refractivity contribution in [1.82, 2.24) is 4.90 Å². The first kappa shape index (κ1) is 23.7. The van der Waals surface area contributed by atoms with Gasteiger partial charge in [-0.2, -0.15) is 0 Å².